The SMILES string of the molecule is CCOc1cc(/C=C2\SC(=O)N(CC(=O)OC)C2=O)ccc1OS(=O)(=O)c1ccc(C)cc1. The summed E-state index contributed by atoms with van der Waals surface area (Å²) in [5.74, 6) is -1.21. The second-order valence-corrected chi connectivity index (χ2v) is 9.37. The maximum Gasteiger partial charge on any atom is 0.339 e. The molecule has 0 aliphatic carbocycles. The lowest BCUT2D eigenvalue weighted by atomic mass is 10.2. The van der Waals surface area contributed by atoms with Crippen LogP contribution in [0, 0.1) is 6.92 Å². The van der Waals surface area contributed by atoms with Crippen molar-refractivity contribution in [2.75, 3.05) is 20.3 Å². The number of hydrogen-bond acceptors (Lipinski definition) is 9. The third-order valence-electron chi connectivity index (χ3n) is 4.46. The Balaban J connectivity index is 1.87. The van der Waals surface area contributed by atoms with Gasteiger partial charge >= 0.3 is 16.1 Å². The highest BCUT2D eigenvalue weighted by atomic mass is 32.2. The maximum absolute atomic E-state index is 12.6. The van der Waals surface area contributed by atoms with E-state index in [0.717, 1.165) is 17.6 Å². The molecule has 33 heavy (non-hydrogen) atoms. The van der Waals surface area contributed by atoms with Crippen LogP contribution in [0.5, 0.6) is 11.5 Å². The number of ether oxygens (including phenoxy) is 2. The lowest BCUT2D eigenvalue weighted by Crippen LogP contribution is -2.34. The summed E-state index contributed by atoms with van der Waals surface area (Å²) >= 11 is 0.684. The highest BCUT2D eigenvalue weighted by molar-refractivity contribution is 8.18. The van der Waals surface area contributed by atoms with Crippen molar-refractivity contribution in [2.24, 2.45) is 0 Å². The van der Waals surface area contributed by atoms with E-state index >= 15 is 0 Å². The molecule has 0 N–H and O–H groups in total. The van der Waals surface area contributed by atoms with Crippen LogP contribution < -0.4 is 8.92 Å². The molecule has 0 spiro atoms. The minimum atomic E-state index is -4.09. The Labute approximate surface area is 195 Å². The highest BCUT2D eigenvalue weighted by Crippen LogP contribution is 2.35. The number of imide groups is 1. The predicted molar refractivity (Wildman–Crippen MR) is 121 cm³/mol. The van der Waals surface area contributed by atoms with Crippen LogP contribution in [0.2, 0.25) is 0 Å². The first kappa shape index (κ1) is 24.3. The quantitative estimate of drug-likeness (QED) is 0.311. The molecule has 2 aromatic carbocycles. The topological polar surface area (TPSA) is 116 Å². The van der Waals surface area contributed by atoms with Crippen molar-refractivity contribution in [3.8, 4) is 11.5 Å². The summed E-state index contributed by atoms with van der Waals surface area (Å²) in [4.78, 5) is 36.9. The summed E-state index contributed by atoms with van der Waals surface area (Å²) in [6.07, 6.45) is 1.45. The van der Waals surface area contributed by atoms with Crippen LogP contribution in [0.1, 0.15) is 18.1 Å². The lowest BCUT2D eigenvalue weighted by Gasteiger charge is -2.13. The van der Waals surface area contributed by atoms with E-state index in [1.165, 1.54) is 36.4 Å². The van der Waals surface area contributed by atoms with E-state index in [1.54, 1.807) is 19.1 Å². The van der Waals surface area contributed by atoms with Gasteiger partial charge in [-0.1, -0.05) is 23.8 Å². The number of hydrogen-bond donors (Lipinski definition) is 0. The summed E-state index contributed by atoms with van der Waals surface area (Å²) in [5.41, 5.74) is 1.38. The van der Waals surface area contributed by atoms with Gasteiger partial charge in [-0.15, -0.1) is 0 Å². The van der Waals surface area contributed by atoms with Crippen molar-refractivity contribution in [1.82, 2.24) is 4.90 Å². The first-order chi connectivity index (χ1) is 15.6. The molecule has 0 aromatic heterocycles. The molecule has 9 nitrogen and oxygen atoms in total. The number of esters is 1. The van der Waals surface area contributed by atoms with Crippen molar-refractivity contribution in [2.45, 2.75) is 18.7 Å². The van der Waals surface area contributed by atoms with Gasteiger partial charge in [0.05, 0.1) is 18.6 Å². The van der Waals surface area contributed by atoms with E-state index in [2.05, 4.69) is 4.74 Å². The van der Waals surface area contributed by atoms with Crippen molar-refractivity contribution in [3.63, 3.8) is 0 Å². The van der Waals surface area contributed by atoms with Gasteiger partial charge < -0.3 is 13.7 Å². The van der Waals surface area contributed by atoms with E-state index in [4.69, 9.17) is 8.92 Å². The fourth-order valence-corrected chi connectivity index (χ4v) is 4.58. The van der Waals surface area contributed by atoms with Gasteiger partial charge in [-0.3, -0.25) is 19.3 Å². The largest absolute Gasteiger partial charge is 0.490 e. The first-order valence-corrected chi connectivity index (χ1v) is 12.0. The van der Waals surface area contributed by atoms with E-state index in [-0.39, 0.29) is 27.9 Å². The van der Waals surface area contributed by atoms with Crippen LogP contribution >= 0.6 is 11.8 Å². The molecule has 174 valence electrons. The second-order valence-electron chi connectivity index (χ2n) is 6.83. The number of rotatable bonds is 8. The van der Waals surface area contributed by atoms with Crippen LogP contribution in [0.4, 0.5) is 4.79 Å². The average molecular weight is 492 g/mol. The molecule has 1 heterocycles. The number of aryl methyl sites for hydroxylation is 1. The van der Waals surface area contributed by atoms with Gasteiger partial charge in [-0.05, 0) is 61.5 Å². The number of carbonyl (C=O) groups is 3. The molecule has 0 radical (unpaired) electrons. The summed E-state index contributed by atoms with van der Waals surface area (Å²) in [6, 6.07) is 10.6. The third-order valence-corrected chi connectivity index (χ3v) is 6.62. The average Bonchev–Trinajstić information content (AvgIpc) is 3.03. The Bertz CT molecular complexity index is 1220. The lowest BCUT2D eigenvalue weighted by molar-refractivity contribution is -0.143. The maximum atomic E-state index is 12.6. The van der Waals surface area contributed by atoms with Gasteiger partial charge in [0.2, 0.25) is 0 Å². The number of nitrogens with zero attached hydrogens (tertiary/aromatic N) is 1. The smallest absolute Gasteiger partial charge is 0.339 e. The molecule has 0 bridgehead atoms. The first-order valence-electron chi connectivity index (χ1n) is 9.74. The van der Waals surface area contributed by atoms with Gasteiger partial charge in [-0.2, -0.15) is 8.42 Å². The molecule has 1 aliphatic heterocycles. The standard InChI is InChI=1S/C22H21NO8S2/c1-4-30-18-11-15(12-19-21(25)23(22(26)32-19)13-20(24)29-3)7-10-17(18)31-33(27,28)16-8-5-14(2)6-9-16/h5-12H,4,13H2,1-3H3/b19-12-. The predicted octanol–water partition coefficient (Wildman–Crippen LogP) is 3.37. The molecule has 2 amide bonds. The number of thioether (sulfide) groups is 1. The van der Waals surface area contributed by atoms with Crippen LogP contribution in [0.3, 0.4) is 0 Å². The van der Waals surface area contributed by atoms with Crippen molar-refractivity contribution in [3.05, 3.63) is 58.5 Å². The minimum absolute atomic E-state index is 0.00101. The zero-order chi connectivity index (χ0) is 24.2. The summed E-state index contributed by atoms with van der Waals surface area (Å²) in [5, 5.41) is -0.592. The van der Waals surface area contributed by atoms with Crippen molar-refractivity contribution >= 4 is 45.1 Å². The fourth-order valence-electron chi connectivity index (χ4n) is 2.80. The molecular formula is C22H21NO8S2. The molecular weight excluding hydrogens is 470 g/mol. The summed E-state index contributed by atoms with van der Waals surface area (Å²) in [7, 11) is -2.93. The van der Waals surface area contributed by atoms with E-state index in [0.29, 0.717) is 17.3 Å². The number of carbonyl (C=O) groups excluding carboxylic acids is 3. The summed E-state index contributed by atoms with van der Waals surface area (Å²) < 4.78 is 40.6. The van der Waals surface area contributed by atoms with Crippen molar-refractivity contribution < 1.29 is 36.5 Å². The van der Waals surface area contributed by atoms with Gasteiger partial charge in [0.25, 0.3) is 11.1 Å². The Hall–Kier alpha value is -3.31. The molecule has 1 fully saturated rings. The molecule has 2 aromatic rings. The Kier molecular flexibility index (Phi) is 7.44. The normalized spacial score (nSPS) is 15.1. The van der Waals surface area contributed by atoms with E-state index < -0.39 is 33.8 Å². The van der Waals surface area contributed by atoms with Crippen LogP contribution in [-0.2, 0) is 24.4 Å². The van der Waals surface area contributed by atoms with Crippen LogP contribution in [0.25, 0.3) is 6.08 Å². The second kappa shape index (κ2) is 10.1. The molecule has 11 heteroatoms. The zero-order valence-electron chi connectivity index (χ0n) is 18.1. The van der Waals surface area contributed by atoms with Gasteiger partial charge in [0.15, 0.2) is 11.5 Å². The van der Waals surface area contributed by atoms with E-state index in [9.17, 15) is 22.8 Å². The van der Waals surface area contributed by atoms with Crippen LogP contribution in [-0.4, -0.2) is 50.7 Å². The molecule has 3 rings (SSSR count). The summed E-state index contributed by atoms with van der Waals surface area (Å²) in [6.45, 7) is 3.32. The zero-order valence-corrected chi connectivity index (χ0v) is 19.7. The van der Waals surface area contributed by atoms with Gasteiger partial charge in [0, 0.05) is 0 Å². The third kappa shape index (κ3) is 5.74. The van der Waals surface area contributed by atoms with Gasteiger partial charge in [-0.25, -0.2) is 0 Å². The molecule has 1 aliphatic rings. The Morgan fingerprint density at radius 2 is 1.79 bits per heavy atom. The number of methoxy groups -OCH3 is 1. The Morgan fingerprint density at radius 1 is 1.09 bits per heavy atom. The molecule has 0 unspecified atom stereocenters. The minimum Gasteiger partial charge on any atom is -0.490 e. The molecule has 1 saturated heterocycles. The number of amides is 2. The van der Waals surface area contributed by atoms with E-state index in [1.807, 2.05) is 6.92 Å². The fraction of sp³-hybridized carbons (Fsp3) is 0.227. The number of benzene rings is 2. The van der Waals surface area contributed by atoms with Crippen molar-refractivity contribution in [1.29, 1.82) is 0 Å². The molecule has 0 atom stereocenters. The van der Waals surface area contributed by atoms with Crippen LogP contribution in [0.15, 0.2) is 52.3 Å². The highest BCUT2D eigenvalue weighted by Gasteiger charge is 2.36. The Morgan fingerprint density at radius 3 is 2.42 bits per heavy atom. The molecule has 0 saturated carbocycles. The van der Waals surface area contributed by atoms with Gasteiger partial charge in [0.1, 0.15) is 11.4 Å². The monoisotopic (exact) mass is 491 g/mol.